The van der Waals surface area contributed by atoms with Crippen LogP contribution in [0.25, 0.3) is 11.1 Å². The van der Waals surface area contributed by atoms with Gasteiger partial charge in [0, 0.05) is 12.3 Å². The van der Waals surface area contributed by atoms with E-state index >= 15 is 0 Å². The summed E-state index contributed by atoms with van der Waals surface area (Å²) in [4.78, 5) is 4.25. The number of fused-ring (bicyclic) bond motifs is 1. The molecule has 6 nitrogen and oxygen atoms in total. The van der Waals surface area contributed by atoms with Crippen LogP contribution in [0.5, 0.6) is 5.75 Å². The highest BCUT2D eigenvalue weighted by Crippen LogP contribution is 2.24. The van der Waals surface area contributed by atoms with Gasteiger partial charge in [-0.05, 0) is 18.6 Å². The molecule has 19 heavy (non-hydrogen) atoms. The Balaban J connectivity index is 2.20. The van der Waals surface area contributed by atoms with E-state index in [0.29, 0.717) is 22.7 Å². The Morgan fingerprint density at radius 1 is 1.47 bits per heavy atom. The van der Waals surface area contributed by atoms with Crippen molar-refractivity contribution in [1.29, 1.82) is 0 Å². The van der Waals surface area contributed by atoms with E-state index in [0.717, 1.165) is 0 Å². The van der Waals surface area contributed by atoms with Crippen LogP contribution in [-0.4, -0.2) is 32.5 Å². The number of hydrogen-bond donors (Lipinski definition) is 1. The van der Waals surface area contributed by atoms with E-state index in [2.05, 4.69) is 4.98 Å². The maximum Gasteiger partial charge on any atom is 0.212 e. The van der Waals surface area contributed by atoms with Crippen LogP contribution in [0, 0.1) is 0 Å². The molecule has 1 aromatic heterocycles. The van der Waals surface area contributed by atoms with Crippen LogP contribution in [0.2, 0.25) is 0 Å². The van der Waals surface area contributed by atoms with Gasteiger partial charge in [0.1, 0.15) is 21.1 Å². The maximum atomic E-state index is 11.1. The van der Waals surface area contributed by atoms with Crippen molar-refractivity contribution < 1.29 is 17.6 Å². The Morgan fingerprint density at radius 3 is 2.84 bits per heavy atom. The molecular formula is C12H16N2O4S. The lowest BCUT2D eigenvalue weighted by Crippen LogP contribution is -2.15. The molecule has 0 aliphatic rings. The van der Waals surface area contributed by atoms with E-state index in [-0.39, 0.29) is 12.2 Å². The molecule has 2 aromatic rings. The molecule has 0 aliphatic heterocycles. The lowest BCUT2D eigenvalue weighted by atomic mass is 10.2. The van der Waals surface area contributed by atoms with Gasteiger partial charge in [-0.15, -0.1) is 0 Å². The Kier molecular flexibility index (Phi) is 3.77. The monoisotopic (exact) mass is 284 g/mol. The highest BCUT2D eigenvalue weighted by atomic mass is 32.2. The Bertz CT molecular complexity index is 678. The largest absolute Gasteiger partial charge is 0.497 e. The van der Waals surface area contributed by atoms with Gasteiger partial charge < -0.3 is 14.9 Å². The Morgan fingerprint density at radius 2 is 2.21 bits per heavy atom. The third-order valence-electron chi connectivity index (χ3n) is 2.73. The van der Waals surface area contributed by atoms with E-state index in [1.165, 1.54) is 6.26 Å². The molecule has 0 fully saturated rings. The summed E-state index contributed by atoms with van der Waals surface area (Å²) < 4.78 is 32.8. The van der Waals surface area contributed by atoms with E-state index in [1.807, 2.05) is 0 Å². The Hall–Kier alpha value is -1.60. The third-order valence-corrected chi connectivity index (χ3v) is 3.71. The number of sulfone groups is 1. The van der Waals surface area contributed by atoms with Gasteiger partial charge in [-0.3, -0.25) is 0 Å². The van der Waals surface area contributed by atoms with Gasteiger partial charge in [0.05, 0.1) is 18.9 Å². The number of nitrogens with two attached hydrogens (primary N) is 1. The van der Waals surface area contributed by atoms with Crippen LogP contribution in [0.4, 0.5) is 0 Å². The van der Waals surface area contributed by atoms with Crippen molar-refractivity contribution in [2.75, 3.05) is 19.1 Å². The normalized spacial score (nSPS) is 13.6. The molecule has 2 rings (SSSR count). The van der Waals surface area contributed by atoms with E-state index < -0.39 is 15.9 Å². The van der Waals surface area contributed by atoms with Crippen molar-refractivity contribution >= 4 is 20.9 Å². The molecule has 0 aliphatic carbocycles. The summed E-state index contributed by atoms with van der Waals surface area (Å²) in [6, 6.07) is 4.73. The van der Waals surface area contributed by atoms with Gasteiger partial charge in [-0.25, -0.2) is 13.4 Å². The summed E-state index contributed by atoms with van der Waals surface area (Å²) in [6.07, 6.45) is 1.46. The molecule has 0 radical (unpaired) electrons. The highest BCUT2D eigenvalue weighted by Gasteiger charge is 2.16. The average Bonchev–Trinajstić information content (AvgIpc) is 2.77. The third kappa shape index (κ3) is 3.45. The van der Waals surface area contributed by atoms with Crippen LogP contribution in [0.3, 0.4) is 0 Å². The van der Waals surface area contributed by atoms with E-state index in [4.69, 9.17) is 14.9 Å². The molecule has 0 bridgehead atoms. The summed E-state index contributed by atoms with van der Waals surface area (Å²) in [5.41, 5.74) is 7.13. The fourth-order valence-electron chi connectivity index (χ4n) is 1.67. The molecule has 0 spiro atoms. The SMILES string of the molecule is COc1ccc2nc(C(N)CCS(C)(=O)=O)oc2c1. The molecule has 104 valence electrons. The lowest BCUT2D eigenvalue weighted by molar-refractivity contribution is 0.413. The van der Waals surface area contributed by atoms with Crippen molar-refractivity contribution in [2.45, 2.75) is 12.5 Å². The van der Waals surface area contributed by atoms with Gasteiger partial charge in [-0.1, -0.05) is 0 Å². The minimum Gasteiger partial charge on any atom is -0.497 e. The number of hydrogen-bond acceptors (Lipinski definition) is 6. The first-order valence-electron chi connectivity index (χ1n) is 5.77. The highest BCUT2D eigenvalue weighted by molar-refractivity contribution is 7.90. The second-order valence-corrected chi connectivity index (χ2v) is 6.67. The quantitative estimate of drug-likeness (QED) is 0.888. The molecule has 2 N–H and O–H groups in total. The van der Waals surface area contributed by atoms with Crippen molar-refractivity contribution in [3.8, 4) is 5.75 Å². The van der Waals surface area contributed by atoms with Crippen molar-refractivity contribution in [3.05, 3.63) is 24.1 Å². The van der Waals surface area contributed by atoms with Gasteiger partial charge in [-0.2, -0.15) is 0 Å². The molecule has 1 atom stereocenters. The molecule has 0 saturated heterocycles. The van der Waals surface area contributed by atoms with Crippen LogP contribution in [0.1, 0.15) is 18.4 Å². The number of methoxy groups -OCH3 is 1. The lowest BCUT2D eigenvalue weighted by Gasteiger charge is -2.05. The van der Waals surface area contributed by atoms with Gasteiger partial charge in [0.2, 0.25) is 5.89 Å². The first-order valence-corrected chi connectivity index (χ1v) is 7.83. The Labute approximate surface area is 111 Å². The van der Waals surface area contributed by atoms with Gasteiger partial charge >= 0.3 is 0 Å². The van der Waals surface area contributed by atoms with Crippen LogP contribution in [-0.2, 0) is 9.84 Å². The molecule has 0 saturated carbocycles. The van der Waals surface area contributed by atoms with Crippen LogP contribution < -0.4 is 10.5 Å². The number of rotatable bonds is 5. The molecule has 1 aromatic carbocycles. The fraction of sp³-hybridized carbons (Fsp3) is 0.417. The van der Waals surface area contributed by atoms with E-state index in [1.54, 1.807) is 25.3 Å². The molecule has 7 heteroatoms. The van der Waals surface area contributed by atoms with Gasteiger partial charge in [0.15, 0.2) is 5.58 Å². The maximum absolute atomic E-state index is 11.1. The topological polar surface area (TPSA) is 95.4 Å². The number of benzene rings is 1. The summed E-state index contributed by atoms with van der Waals surface area (Å²) in [6.45, 7) is 0. The minimum atomic E-state index is -3.04. The standard InChI is InChI=1S/C12H16N2O4S/c1-17-8-3-4-10-11(7-8)18-12(14-10)9(13)5-6-19(2,15)16/h3-4,7,9H,5-6,13H2,1-2H3. The van der Waals surface area contributed by atoms with Crippen molar-refractivity contribution in [3.63, 3.8) is 0 Å². The predicted molar refractivity (Wildman–Crippen MR) is 71.8 cm³/mol. The predicted octanol–water partition coefficient (Wildman–Crippen LogP) is 1.27. The zero-order chi connectivity index (χ0) is 14.0. The smallest absolute Gasteiger partial charge is 0.212 e. The zero-order valence-corrected chi connectivity index (χ0v) is 11.6. The van der Waals surface area contributed by atoms with E-state index in [9.17, 15) is 8.42 Å². The first kappa shape index (κ1) is 13.8. The minimum absolute atomic E-state index is 0.0101. The van der Waals surface area contributed by atoms with Crippen molar-refractivity contribution in [1.82, 2.24) is 4.98 Å². The average molecular weight is 284 g/mol. The van der Waals surface area contributed by atoms with Crippen molar-refractivity contribution in [2.24, 2.45) is 5.73 Å². The second kappa shape index (κ2) is 5.18. The summed E-state index contributed by atoms with van der Waals surface area (Å²) in [7, 11) is -1.47. The summed E-state index contributed by atoms with van der Waals surface area (Å²) in [5, 5.41) is 0. The molecular weight excluding hydrogens is 268 g/mol. The fourth-order valence-corrected chi connectivity index (χ4v) is 2.35. The second-order valence-electron chi connectivity index (χ2n) is 4.41. The van der Waals surface area contributed by atoms with Crippen LogP contribution >= 0.6 is 0 Å². The summed E-state index contributed by atoms with van der Waals surface area (Å²) in [5.74, 6) is 1.02. The zero-order valence-electron chi connectivity index (χ0n) is 10.8. The number of aromatic nitrogens is 1. The van der Waals surface area contributed by atoms with Gasteiger partial charge in [0.25, 0.3) is 0 Å². The van der Waals surface area contributed by atoms with Crippen LogP contribution in [0.15, 0.2) is 22.6 Å². The number of oxazole rings is 1. The number of nitrogens with zero attached hydrogens (tertiary/aromatic N) is 1. The first-order chi connectivity index (χ1) is 8.89. The number of ether oxygens (including phenoxy) is 1. The molecule has 0 amide bonds. The molecule has 1 heterocycles. The summed E-state index contributed by atoms with van der Waals surface area (Å²) >= 11 is 0. The molecule has 1 unspecified atom stereocenters.